The molecule has 24 heavy (non-hydrogen) atoms. The molecule has 128 valence electrons. The van der Waals surface area contributed by atoms with Gasteiger partial charge in [0.1, 0.15) is 11.6 Å². The first-order valence-corrected chi connectivity index (χ1v) is 8.69. The molecule has 2 aromatic rings. The number of hydrogen-bond donors (Lipinski definition) is 1. The minimum Gasteiger partial charge on any atom is -0.492 e. The van der Waals surface area contributed by atoms with Gasteiger partial charge < -0.3 is 10.1 Å². The Balaban J connectivity index is 1.83. The van der Waals surface area contributed by atoms with Gasteiger partial charge in [-0.25, -0.2) is 4.39 Å². The number of nitrogens with one attached hydrogen (secondary N) is 1. The first kappa shape index (κ1) is 18.7. The largest absolute Gasteiger partial charge is 0.492 e. The number of para-hydroxylation sites is 1. The highest BCUT2D eigenvalue weighted by Gasteiger charge is 2.11. The molecule has 0 aliphatic rings. The molecular weight excluding hydrogens is 397 g/mol. The normalized spacial score (nSPS) is 10.5. The van der Waals surface area contributed by atoms with Crippen molar-refractivity contribution in [3.63, 3.8) is 0 Å². The lowest BCUT2D eigenvalue weighted by molar-refractivity contribution is -0.116. The van der Waals surface area contributed by atoms with Crippen molar-refractivity contribution >= 4 is 39.1 Å². The van der Waals surface area contributed by atoms with Gasteiger partial charge in [-0.05, 0) is 65.5 Å². The van der Waals surface area contributed by atoms with Crippen molar-refractivity contribution in [2.24, 2.45) is 0 Å². The summed E-state index contributed by atoms with van der Waals surface area (Å²) in [5, 5.41) is 3.26. The second kappa shape index (κ2) is 8.49. The average Bonchev–Trinajstić information content (AvgIpc) is 2.56. The summed E-state index contributed by atoms with van der Waals surface area (Å²) in [7, 11) is 0. The third kappa shape index (κ3) is 4.71. The number of halogens is 3. The van der Waals surface area contributed by atoms with Crippen molar-refractivity contribution in [3.05, 3.63) is 56.8 Å². The molecule has 6 heteroatoms. The van der Waals surface area contributed by atoms with Crippen LogP contribution in [0.4, 0.5) is 10.1 Å². The van der Waals surface area contributed by atoms with E-state index >= 15 is 0 Å². The Bertz CT molecular complexity index is 752. The van der Waals surface area contributed by atoms with Crippen LogP contribution in [0.25, 0.3) is 0 Å². The second-order valence-electron chi connectivity index (χ2n) is 5.42. The summed E-state index contributed by atoms with van der Waals surface area (Å²) in [6.07, 6.45) is 0.769. The molecule has 2 aromatic carbocycles. The van der Waals surface area contributed by atoms with E-state index in [1.807, 2.05) is 19.9 Å². The third-order valence-corrected chi connectivity index (χ3v) is 5.09. The van der Waals surface area contributed by atoms with Crippen molar-refractivity contribution in [2.75, 3.05) is 11.9 Å². The molecule has 0 aliphatic heterocycles. The number of benzene rings is 2. The van der Waals surface area contributed by atoms with Crippen molar-refractivity contribution in [1.82, 2.24) is 0 Å². The van der Waals surface area contributed by atoms with E-state index in [1.165, 1.54) is 12.1 Å². The number of carbonyl (C=O) groups is 1. The second-order valence-corrected chi connectivity index (χ2v) is 6.60. The van der Waals surface area contributed by atoms with Crippen molar-refractivity contribution < 1.29 is 13.9 Å². The summed E-state index contributed by atoms with van der Waals surface area (Å²) in [6.45, 7) is 4.20. The summed E-state index contributed by atoms with van der Waals surface area (Å²) in [5.74, 6) is 0.00768. The van der Waals surface area contributed by atoms with Gasteiger partial charge in [0.05, 0.1) is 16.8 Å². The molecule has 0 saturated heterocycles. The van der Waals surface area contributed by atoms with Crippen LogP contribution in [0.15, 0.2) is 34.8 Å². The van der Waals surface area contributed by atoms with Crippen LogP contribution in [0.2, 0.25) is 5.02 Å². The third-order valence-electron chi connectivity index (χ3n) is 3.52. The van der Waals surface area contributed by atoms with E-state index in [9.17, 15) is 9.18 Å². The van der Waals surface area contributed by atoms with Crippen LogP contribution >= 0.6 is 27.5 Å². The van der Waals surface area contributed by atoms with Crippen LogP contribution < -0.4 is 10.1 Å². The van der Waals surface area contributed by atoms with E-state index in [0.29, 0.717) is 23.8 Å². The highest BCUT2D eigenvalue weighted by molar-refractivity contribution is 9.10. The summed E-state index contributed by atoms with van der Waals surface area (Å²) in [5.41, 5.74) is 2.05. The summed E-state index contributed by atoms with van der Waals surface area (Å²) < 4.78 is 20.0. The SMILES string of the molecule is Cc1cc(OCCCC(=O)Nc2ccccc2F)c(Br)c(C)c1Cl. The van der Waals surface area contributed by atoms with Gasteiger partial charge in [-0.2, -0.15) is 0 Å². The number of hydrogen-bond acceptors (Lipinski definition) is 2. The zero-order valence-electron chi connectivity index (χ0n) is 13.5. The van der Waals surface area contributed by atoms with Crippen LogP contribution in [-0.4, -0.2) is 12.5 Å². The number of anilines is 1. The van der Waals surface area contributed by atoms with Gasteiger partial charge in [-0.15, -0.1) is 0 Å². The maximum Gasteiger partial charge on any atom is 0.224 e. The minimum absolute atomic E-state index is 0.190. The molecule has 0 heterocycles. The Morgan fingerprint density at radius 3 is 2.75 bits per heavy atom. The molecule has 0 bridgehead atoms. The zero-order valence-corrected chi connectivity index (χ0v) is 15.8. The lowest BCUT2D eigenvalue weighted by Gasteiger charge is -2.13. The summed E-state index contributed by atoms with van der Waals surface area (Å²) >= 11 is 9.65. The fourth-order valence-corrected chi connectivity index (χ4v) is 2.89. The summed E-state index contributed by atoms with van der Waals surface area (Å²) in [6, 6.07) is 7.94. The topological polar surface area (TPSA) is 38.3 Å². The van der Waals surface area contributed by atoms with Gasteiger partial charge >= 0.3 is 0 Å². The number of amides is 1. The van der Waals surface area contributed by atoms with E-state index in [1.54, 1.807) is 12.1 Å². The Hall–Kier alpha value is -1.59. The molecule has 0 atom stereocenters. The fourth-order valence-electron chi connectivity index (χ4n) is 2.20. The molecule has 1 amide bonds. The van der Waals surface area contributed by atoms with E-state index in [4.69, 9.17) is 16.3 Å². The Morgan fingerprint density at radius 1 is 1.33 bits per heavy atom. The molecular formula is C18H18BrClFNO2. The number of ether oxygens (including phenoxy) is 1. The number of carbonyl (C=O) groups excluding carboxylic acids is 1. The Kier molecular flexibility index (Phi) is 6.63. The predicted octanol–water partition coefficient (Wildman–Crippen LogP) is 5.66. The van der Waals surface area contributed by atoms with Gasteiger partial charge in [0.2, 0.25) is 5.91 Å². The van der Waals surface area contributed by atoms with E-state index < -0.39 is 5.82 Å². The number of aryl methyl sites for hydroxylation is 1. The average molecular weight is 415 g/mol. The van der Waals surface area contributed by atoms with Crippen molar-refractivity contribution in [2.45, 2.75) is 26.7 Å². The quantitative estimate of drug-likeness (QED) is 0.620. The maximum atomic E-state index is 13.5. The van der Waals surface area contributed by atoms with Gasteiger partial charge in [-0.3, -0.25) is 4.79 Å². The molecule has 1 N–H and O–H groups in total. The van der Waals surface area contributed by atoms with Crippen molar-refractivity contribution in [3.8, 4) is 5.75 Å². The van der Waals surface area contributed by atoms with Crippen LogP contribution in [0, 0.1) is 19.7 Å². The molecule has 3 nitrogen and oxygen atoms in total. The molecule has 0 aliphatic carbocycles. The number of rotatable bonds is 6. The van der Waals surface area contributed by atoms with E-state index in [2.05, 4.69) is 21.2 Å². The molecule has 0 radical (unpaired) electrons. The van der Waals surface area contributed by atoms with Crippen LogP contribution in [0.5, 0.6) is 5.75 Å². The monoisotopic (exact) mass is 413 g/mol. The lowest BCUT2D eigenvalue weighted by atomic mass is 10.1. The molecule has 0 fully saturated rings. The van der Waals surface area contributed by atoms with Gasteiger partial charge in [0.15, 0.2) is 0 Å². The van der Waals surface area contributed by atoms with E-state index in [-0.39, 0.29) is 18.0 Å². The minimum atomic E-state index is -0.446. The van der Waals surface area contributed by atoms with Crippen molar-refractivity contribution in [1.29, 1.82) is 0 Å². The molecule has 0 unspecified atom stereocenters. The Labute approximate surface area is 154 Å². The maximum absolute atomic E-state index is 13.5. The standard InChI is InChI=1S/C18H18BrClFNO2/c1-11-10-15(17(19)12(2)18(11)20)24-9-5-8-16(23)22-14-7-4-3-6-13(14)21/h3-4,6-7,10H,5,8-9H2,1-2H3,(H,22,23). The zero-order chi connectivity index (χ0) is 17.7. The smallest absolute Gasteiger partial charge is 0.224 e. The predicted molar refractivity (Wildman–Crippen MR) is 98.4 cm³/mol. The molecule has 2 rings (SSSR count). The first-order valence-electron chi connectivity index (χ1n) is 7.52. The van der Waals surface area contributed by atoms with Gasteiger partial charge in [0.25, 0.3) is 0 Å². The fraction of sp³-hybridized carbons (Fsp3) is 0.278. The summed E-state index contributed by atoms with van der Waals surface area (Å²) in [4.78, 5) is 11.8. The Morgan fingerprint density at radius 2 is 2.04 bits per heavy atom. The van der Waals surface area contributed by atoms with Gasteiger partial charge in [-0.1, -0.05) is 23.7 Å². The highest BCUT2D eigenvalue weighted by Crippen LogP contribution is 2.35. The highest BCUT2D eigenvalue weighted by atomic mass is 79.9. The first-order chi connectivity index (χ1) is 11.4. The van der Waals surface area contributed by atoms with Crippen LogP contribution in [0.3, 0.4) is 0 Å². The lowest BCUT2D eigenvalue weighted by Crippen LogP contribution is -2.13. The van der Waals surface area contributed by atoms with Crippen LogP contribution in [0.1, 0.15) is 24.0 Å². The molecule has 0 spiro atoms. The van der Waals surface area contributed by atoms with E-state index in [0.717, 1.165) is 15.6 Å². The molecule has 0 saturated carbocycles. The van der Waals surface area contributed by atoms with Crippen LogP contribution in [-0.2, 0) is 4.79 Å². The van der Waals surface area contributed by atoms with Gasteiger partial charge in [0, 0.05) is 11.4 Å². The molecule has 0 aromatic heterocycles.